The average Bonchev–Trinajstić information content (AvgIpc) is 2.44. The molecule has 2 aromatic rings. The lowest BCUT2D eigenvalue weighted by Gasteiger charge is -2.41. The molecule has 0 amide bonds. The van der Waals surface area contributed by atoms with Crippen LogP contribution in [0, 0.1) is 5.41 Å². The van der Waals surface area contributed by atoms with Crippen molar-refractivity contribution in [3.8, 4) is 11.1 Å². The van der Waals surface area contributed by atoms with Crippen LogP contribution in [0.25, 0.3) is 11.1 Å². The van der Waals surface area contributed by atoms with E-state index in [9.17, 15) is 5.11 Å². The fourth-order valence-corrected chi connectivity index (χ4v) is 3.58. The van der Waals surface area contributed by atoms with E-state index in [2.05, 4.69) is 6.07 Å². The molecule has 1 aliphatic rings. The summed E-state index contributed by atoms with van der Waals surface area (Å²) in [5.74, 6) is 0.222. The zero-order valence-electron chi connectivity index (χ0n) is 14.1. The molecular formula is C20H23ClN2O. The van der Waals surface area contributed by atoms with Gasteiger partial charge in [-0.2, -0.15) is 0 Å². The summed E-state index contributed by atoms with van der Waals surface area (Å²) in [6.07, 6.45) is 2.89. The summed E-state index contributed by atoms with van der Waals surface area (Å²) in [5, 5.41) is 18.7. The Morgan fingerprint density at radius 3 is 2.21 bits per heavy atom. The van der Waals surface area contributed by atoms with E-state index in [-0.39, 0.29) is 11.3 Å². The third kappa shape index (κ3) is 2.94. The number of hydrogen-bond acceptors (Lipinski definition) is 2. The van der Waals surface area contributed by atoms with E-state index in [1.54, 1.807) is 13.8 Å². The van der Waals surface area contributed by atoms with E-state index >= 15 is 0 Å². The van der Waals surface area contributed by atoms with Crippen LogP contribution in [-0.2, 0) is 11.0 Å². The number of halogens is 1. The SMILES string of the molecule is CC(C)(O)c1ccc(-c2cc(Cl)cc(C3(C(=N)N)CCC3)c2)cc1. The molecule has 126 valence electrons. The molecule has 2 aromatic carbocycles. The smallest absolute Gasteiger partial charge is 0.101 e. The van der Waals surface area contributed by atoms with Gasteiger partial charge in [-0.1, -0.05) is 48.4 Å². The maximum atomic E-state index is 10.1. The summed E-state index contributed by atoms with van der Waals surface area (Å²) in [4.78, 5) is 0. The Balaban J connectivity index is 2.02. The van der Waals surface area contributed by atoms with Gasteiger partial charge in [0.05, 0.1) is 11.0 Å². The zero-order chi connectivity index (χ0) is 17.5. The Labute approximate surface area is 148 Å². The predicted molar refractivity (Wildman–Crippen MR) is 99.6 cm³/mol. The van der Waals surface area contributed by atoms with Gasteiger partial charge in [-0.05, 0) is 61.1 Å². The van der Waals surface area contributed by atoms with Crippen molar-refractivity contribution in [2.24, 2.45) is 5.73 Å². The van der Waals surface area contributed by atoms with Crippen LogP contribution in [0.1, 0.15) is 44.2 Å². The lowest BCUT2D eigenvalue weighted by atomic mass is 9.63. The molecule has 0 heterocycles. The van der Waals surface area contributed by atoms with Gasteiger partial charge in [0.25, 0.3) is 0 Å². The largest absolute Gasteiger partial charge is 0.387 e. The molecule has 0 aromatic heterocycles. The van der Waals surface area contributed by atoms with Gasteiger partial charge in [-0.3, -0.25) is 5.41 Å². The van der Waals surface area contributed by atoms with Crippen LogP contribution in [-0.4, -0.2) is 10.9 Å². The van der Waals surface area contributed by atoms with Gasteiger partial charge in [-0.25, -0.2) is 0 Å². The minimum absolute atomic E-state index is 0.222. The Bertz CT molecular complexity index is 771. The molecule has 0 unspecified atom stereocenters. The van der Waals surface area contributed by atoms with Gasteiger partial charge < -0.3 is 10.8 Å². The second kappa shape index (κ2) is 5.91. The summed E-state index contributed by atoms with van der Waals surface area (Å²) in [5.41, 5.74) is 8.60. The highest BCUT2D eigenvalue weighted by Gasteiger charge is 2.42. The lowest BCUT2D eigenvalue weighted by Crippen LogP contribution is -2.46. The molecule has 0 atom stereocenters. The molecule has 3 rings (SSSR count). The van der Waals surface area contributed by atoms with Crippen LogP contribution >= 0.6 is 11.6 Å². The number of hydrogen-bond donors (Lipinski definition) is 3. The number of rotatable bonds is 4. The van der Waals surface area contributed by atoms with Crippen molar-refractivity contribution in [2.45, 2.75) is 44.1 Å². The fraction of sp³-hybridized carbons (Fsp3) is 0.350. The van der Waals surface area contributed by atoms with Crippen molar-refractivity contribution in [1.29, 1.82) is 5.41 Å². The van der Waals surface area contributed by atoms with Crippen molar-refractivity contribution in [2.75, 3.05) is 0 Å². The molecule has 1 aliphatic carbocycles. The van der Waals surface area contributed by atoms with Gasteiger partial charge in [0.1, 0.15) is 5.84 Å². The first kappa shape index (κ1) is 17.0. The molecule has 0 bridgehead atoms. The van der Waals surface area contributed by atoms with E-state index in [1.807, 2.05) is 36.4 Å². The first-order valence-electron chi connectivity index (χ1n) is 8.21. The molecule has 1 saturated carbocycles. The number of aliphatic hydroxyl groups is 1. The van der Waals surface area contributed by atoms with Gasteiger partial charge in [0.2, 0.25) is 0 Å². The minimum Gasteiger partial charge on any atom is -0.387 e. The molecule has 4 heteroatoms. The third-order valence-corrected chi connectivity index (χ3v) is 5.32. The molecule has 3 nitrogen and oxygen atoms in total. The van der Waals surface area contributed by atoms with Gasteiger partial charge in [-0.15, -0.1) is 0 Å². The van der Waals surface area contributed by atoms with Crippen molar-refractivity contribution in [3.63, 3.8) is 0 Å². The van der Waals surface area contributed by atoms with Crippen LogP contribution in [0.15, 0.2) is 42.5 Å². The minimum atomic E-state index is -0.858. The number of benzene rings is 2. The Morgan fingerprint density at radius 1 is 1.12 bits per heavy atom. The van der Waals surface area contributed by atoms with Crippen LogP contribution in [0.2, 0.25) is 5.02 Å². The van der Waals surface area contributed by atoms with E-state index in [1.165, 1.54) is 0 Å². The summed E-state index contributed by atoms with van der Waals surface area (Å²) in [6.45, 7) is 3.54. The fourth-order valence-electron chi connectivity index (χ4n) is 3.35. The molecule has 0 aliphatic heterocycles. The Kier molecular flexibility index (Phi) is 4.18. The normalized spacial score (nSPS) is 16.5. The topological polar surface area (TPSA) is 70.1 Å². The summed E-state index contributed by atoms with van der Waals surface area (Å²) < 4.78 is 0. The maximum Gasteiger partial charge on any atom is 0.101 e. The Hall–Kier alpha value is -1.84. The van der Waals surface area contributed by atoms with Crippen LogP contribution in [0.5, 0.6) is 0 Å². The molecule has 4 N–H and O–H groups in total. The molecule has 0 radical (unpaired) electrons. The summed E-state index contributed by atoms with van der Waals surface area (Å²) in [6, 6.07) is 13.8. The van der Waals surface area contributed by atoms with E-state index < -0.39 is 5.60 Å². The Morgan fingerprint density at radius 2 is 1.75 bits per heavy atom. The molecule has 0 saturated heterocycles. The maximum absolute atomic E-state index is 10.1. The lowest BCUT2D eigenvalue weighted by molar-refractivity contribution is 0.0786. The summed E-state index contributed by atoms with van der Waals surface area (Å²) >= 11 is 6.34. The van der Waals surface area contributed by atoms with Crippen molar-refractivity contribution in [3.05, 3.63) is 58.6 Å². The quantitative estimate of drug-likeness (QED) is 0.561. The first-order valence-corrected chi connectivity index (χ1v) is 8.59. The van der Waals surface area contributed by atoms with Crippen LogP contribution < -0.4 is 5.73 Å². The number of nitrogens with one attached hydrogen (secondary N) is 1. The first-order chi connectivity index (χ1) is 11.2. The molecule has 1 fully saturated rings. The zero-order valence-corrected chi connectivity index (χ0v) is 14.8. The highest BCUT2D eigenvalue weighted by Crippen LogP contribution is 2.45. The van der Waals surface area contributed by atoms with Gasteiger partial charge >= 0.3 is 0 Å². The number of amidine groups is 1. The van der Waals surface area contributed by atoms with E-state index in [0.717, 1.165) is 41.5 Å². The third-order valence-electron chi connectivity index (χ3n) is 5.10. The van der Waals surface area contributed by atoms with Gasteiger partial charge in [0, 0.05) is 5.02 Å². The van der Waals surface area contributed by atoms with Crippen molar-refractivity contribution >= 4 is 17.4 Å². The molecule has 0 spiro atoms. The monoisotopic (exact) mass is 342 g/mol. The second-order valence-electron chi connectivity index (χ2n) is 7.21. The van der Waals surface area contributed by atoms with Crippen molar-refractivity contribution < 1.29 is 5.11 Å². The van der Waals surface area contributed by atoms with E-state index in [0.29, 0.717) is 5.02 Å². The predicted octanol–water partition coefficient (Wildman–Crippen LogP) is 4.59. The highest BCUT2D eigenvalue weighted by molar-refractivity contribution is 6.31. The second-order valence-corrected chi connectivity index (χ2v) is 7.65. The van der Waals surface area contributed by atoms with Crippen LogP contribution in [0.3, 0.4) is 0 Å². The van der Waals surface area contributed by atoms with Gasteiger partial charge in [0.15, 0.2) is 0 Å². The van der Waals surface area contributed by atoms with Crippen molar-refractivity contribution in [1.82, 2.24) is 0 Å². The molecule has 24 heavy (non-hydrogen) atoms. The average molecular weight is 343 g/mol. The number of nitrogens with two attached hydrogens (primary N) is 1. The highest BCUT2D eigenvalue weighted by atomic mass is 35.5. The standard InChI is InChI=1S/C20H23ClN2O/c1-19(2,24)15-6-4-13(5-7-15)14-10-16(12-17(21)11-14)20(18(22)23)8-3-9-20/h4-7,10-12,24H,3,8-9H2,1-2H3,(H3,22,23). The van der Waals surface area contributed by atoms with Crippen LogP contribution in [0.4, 0.5) is 0 Å². The molecular weight excluding hydrogens is 320 g/mol. The summed E-state index contributed by atoms with van der Waals surface area (Å²) in [7, 11) is 0. The van der Waals surface area contributed by atoms with E-state index in [4.69, 9.17) is 22.7 Å².